The highest BCUT2D eigenvalue weighted by Gasteiger charge is 2.41. The minimum atomic E-state index is -0.412. The molecule has 0 bridgehead atoms. The fourth-order valence-corrected chi connectivity index (χ4v) is 6.14. The number of nitrogens with zero attached hydrogens (tertiary/aromatic N) is 3. The largest absolute Gasteiger partial charge is 0.458 e. The van der Waals surface area contributed by atoms with E-state index in [-0.39, 0.29) is 18.9 Å². The van der Waals surface area contributed by atoms with Crippen molar-refractivity contribution in [2.24, 2.45) is 4.99 Å². The first kappa shape index (κ1) is 26.3. The van der Waals surface area contributed by atoms with Crippen molar-refractivity contribution in [3.8, 4) is 0 Å². The van der Waals surface area contributed by atoms with Gasteiger partial charge < -0.3 is 14.5 Å². The summed E-state index contributed by atoms with van der Waals surface area (Å²) in [6, 6.07) is 8.28. The maximum atomic E-state index is 13.4. The molecule has 1 saturated carbocycles. The molecule has 6 nitrogen and oxygen atoms in total. The summed E-state index contributed by atoms with van der Waals surface area (Å²) in [5.41, 5.74) is 4.21. The maximum absolute atomic E-state index is 13.4. The molecular weight excluding hydrogens is 470 g/mol. The highest BCUT2D eigenvalue weighted by molar-refractivity contribution is 8.16. The topological polar surface area (TPSA) is 62.2 Å². The number of fused-ring (bicyclic) bond motifs is 1. The number of rotatable bonds is 8. The van der Waals surface area contributed by atoms with Crippen LogP contribution in [0.15, 0.2) is 64.3 Å². The van der Waals surface area contributed by atoms with Crippen LogP contribution in [-0.2, 0) is 14.3 Å². The Morgan fingerprint density at radius 2 is 1.92 bits per heavy atom. The average molecular weight is 508 g/mol. The first-order valence-electron chi connectivity index (χ1n) is 12.9. The van der Waals surface area contributed by atoms with Crippen molar-refractivity contribution in [3.63, 3.8) is 0 Å². The van der Waals surface area contributed by atoms with Gasteiger partial charge in [-0.25, -0.2) is 9.79 Å². The van der Waals surface area contributed by atoms with E-state index in [0.717, 1.165) is 29.3 Å². The van der Waals surface area contributed by atoms with Gasteiger partial charge in [0.15, 0.2) is 5.17 Å². The highest BCUT2D eigenvalue weighted by atomic mass is 32.2. The monoisotopic (exact) mass is 507 g/mol. The number of carbonyl (C=O) groups is 2. The summed E-state index contributed by atoms with van der Waals surface area (Å²) in [6.07, 6.45) is 7.58. The molecule has 7 heteroatoms. The molecule has 1 fully saturated rings. The van der Waals surface area contributed by atoms with Crippen LogP contribution in [-0.4, -0.2) is 46.5 Å². The molecule has 1 aromatic rings. The lowest BCUT2D eigenvalue weighted by Gasteiger charge is -2.37. The van der Waals surface area contributed by atoms with Crippen molar-refractivity contribution in [1.29, 1.82) is 0 Å². The number of amidine groups is 1. The second-order valence-electron chi connectivity index (χ2n) is 10.1. The highest BCUT2D eigenvalue weighted by Crippen LogP contribution is 2.45. The fraction of sp³-hybridized carbons (Fsp3) is 0.483. The molecule has 0 spiro atoms. The molecule has 1 unspecified atom stereocenters. The Hall–Kier alpha value is -2.80. The number of thioether (sulfide) groups is 1. The van der Waals surface area contributed by atoms with Gasteiger partial charge in [0.25, 0.3) is 0 Å². The standard InChI is InChI=1S/C29H37N3O3S/c1-6-16-35-28(34)26-20(4)30-29-32(27(26)22-14-12-21(13-15-22)19(2)3)24(18-36-29)17-25(33)31(5)23-10-8-7-9-11-23/h6,12-15,18-19,23,27H,1,7-11,16-17H2,2-5H3. The summed E-state index contributed by atoms with van der Waals surface area (Å²) >= 11 is 1.51. The minimum absolute atomic E-state index is 0.103. The summed E-state index contributed by atoms with van der Waals surface area (Å²) in [6.45, 7) is 9.97. The number of carbonyl (C=O) groups excluding carboxylic acids is 2. The van der Waals surface area contributed by atoms with Crippen LogP contribution in [0.4, 0.5) is 0 Å². The van der Waals surface area contributed by atoms with E-state index in [9.17, 15) is 9.59 Å². The Labute approximate surface area is 219 Å². The Bertz CT molecular complexity index is 1100. The molecule has 2 heterocycles. The van der Waals surface area contributed by atoms with Gasteiger partial charge in [-0.2, -0.15) is 0 Å². The molecule has 3 aliphatic rings. The molecule has 0 aromatic heterocycles. The van der Waals surface area contributed by atoms with E-state index >= 15 is 0 Å². The van der Waals surface area contributed by atoms with E-state index in [1.807, 2.05) is 24.3 Å². The Morgan fingerprint density at radius 3 is 2.56 bits per heavy atom. The average Bonchev–Trinajstić information content (AvgIpc) is 3.28. The second-order valence-corrected chi connectivity index (χ2v) is 10.9. The van der Waals surface area contributed by atoms with Gasteiger partial charge in [0.05, 0.1) is 23.7 Å². The van der Waals surface area contributed by atoms with Crippen molar-refractivity contribution in [3.05, 3.63) is 70.4 Å². The van der Waals surface area contributed by atoms with Crippen LogP contribution < -0.4 is 0 Å². The van der Waals surface area contributed by atoms with E-state index in [4.69, 9.17) is 9.73 Å². The third kappa shape index (κ3) is 5.46. The lowest BCUT2D eigenvalue weighted by Crippen LogP contribution is -2.41. The van der Waals surface area contributed by atoms with Crippen LogP contribution in [0.1, 0.15) is 82.4 Å². The SMILES string of the molecule is C=CCOC(=O)C1=C(C)N=C2SC=C(CC(=O)N(C)C3CCCCC3)N2C1c1ccc(C(C)C)cc1. The number of allylic oxidation sites excluding steroid dienone is 1. The van der Waals surface area contributed by atoms with Gasteiger partial charge in [-0.3, -0.25) is 4.79 Å². The zero-order valence-electron chi connectivity index (χ0n) is 21.8. The minimum Gasteiger partial charge on any atom is -0.458 e. The quantitative estimate of drug-likeness (QED) is 0.305. The van der Waals surface area contributed by atoms with Crippen LogP contribution in [0, 0.1) is 0 Å². The number of hydrogen-bond donors (Lipinski definition) is 0. The Balaban J connectivity index is 1.66. The number of aliphatic imine (C=N–C) groups is 1. The number of esters is 1. The molecule has 0 N–H and O–H groups in total. The first-order chi connectivity index (χ1) is 17.3. The molecule has 1 aliphatic carbocycles. The van der Waals surface area contributed by atoms with Gasteiger partial charge in [-0.1, -0.05) is 81.8 Å². The molecule has 192 valence electrons. The summed E-state index contributed by atoms with van der Waals surface area (Å²) in [5, 5.41) is 2.79. The van der Waals surface area contributed by atoms with Crippen LogP contribution in [0.25, 0.3) is 0 Å². The van der Waals surface area contributed by atoms with E-state index < -0.39 is 12.0 Å². The van der Waals surface area contributed by atoms with Crippen molar-refractivity contribution in [2.75, 3.05) is 13.7 Å². The van der Waals surface area contributed by atoms with Crippen LogP contribution >= 0.6 is 11.8 Å². The van der Waals surface area contributed by atoms with Crippen molar-refractivity contribution < 1.29 is 14.3 Å². The summed E-state index contributed by atoms with van der Waals surface area (Å²) in [7, 11) is 1.93. The van der Waals surface area contributed by atoms with Gasteiger partial charge in [0.2, 0.25) is 5.91 Å². The van der Waals surface area contributed by atoms with Crippen LogP contribution in [0.2, 0.25) is 0 Å². The van der Waals surface area contributed by atoms with Gasteiger partial charge in [-0.05, 0) is 42.2 Å². The van der Waals surface area contributed by atoms with Crippen molar-refractivity contribution in [2.45, 2.75) is 77.3 Å². The Morgan fingerprint density at radius 1 is 1.22 bits per heavy atom. The van der Waals surface area contributed by atoms with E-state index in [2.05, 4.69) is 49.6 Å². The lowest BCUT2D eigenvalue weighted by atomic mass is 9.91. The second kappa shape index (κ2) is 11.5. The number of amides is 1. The van der Waals surface area contributed by atoms with E-state index in [1.54, 1.807) is 6.08 Å². The maximum Gasteiger partial charge on any atom is 0.338 e. The van der Waals surface area contributed by atoms with Gasteiger partial charge in [-0.15, -0.1) is 0 Å². The zero-order valence-corrected chi connectivity index (χ0v) is 22.6. The van der Waals surface area contributed by atoms with Crippen LogP contribution in [0.3, 0.4) is 0 Å². The van der Waals surface area contributed by atoms with Crippen molar-refractivity contribution >= 4 is 28.8 Å². The van der Waals surface area contributed by atoms with Gasteiger partial charge in [0, 0.05) is 18.8 Å². The third-order valence-corrected chi connectivity index (χ3v) is 8.21. The fourth-order valence-electron chi connectivity index (χ4n) is 5.17. The molecule has 0 saturated heterocycles. The predicted molar refractivity (Wildman–Crippen MR) is 146 cm³/mol. The van der Waals surface area contributed by atoms with Crippen molar-refractivity contribution in [1.82, 2.24) is 9.80 Å². The van der Waals surface area contributed by atoms with Gasteiger partial charge in [0.1, 0.15) is 6.61 Å². The summed E-state index contributed by atoms with van der Waals surface area (Å²) < 4.78 is 5.48. The Kier molecular flexibility index (Phi) is 8.39. The smallest absolute Gasteiger partial charge is 0.338 e. The lowest BCUT2D eigenvalue weighted by molar-refractivity contribution is -0.138. The molecular formula is C29H37N3O3S. The number of ether oxygens (including phenoxy) is 1. The zero-order chi connectivity index (χ0) is 25.8. The molecule has 36 heavy (non-hydrogen) atoms. The molecule has 2 aliphatic heterocycles. The molecule has 1 amide bonds. The normalized spacial score (nSPS) is 20.1. The van der Waals surface area contributed by atoms with Crippen LogP contribution in [0.5, 0.6) is 0 Å². The van der Waals surface area contributed by atoms with Gasteiger partial charge >= 0.3 is 5.97 Å². The predicted octanol–water partition coefficient (Wildman–Crippen LogP) is 6.30. The van der Waals surface area contributed by atoms with E-state index in [0.29, 0.717) is 23.2 Å². The number of benzene rings is 1. The van der Waals surface area contributed by atoms with E-state index in [1.165, 1.54) is 36.6 Å². The molecule has 1 atom stereocenters. The number of hydrogen-bond acceptors (Lipinski definition) is 6. The summed E-state index contributed by atoms with van der Waals surface area (Å²) in [5.74, 6) is 0.101. The first-order valence-corrected chi connectivity index (χ1v) is 13.8. The molecule has 1 aromatic carbocycles. The molecule has 0 radical (unpaired) electrons. The third-order valence-electron chi connectivity index (χ3n) is 7.32. The summed E-state index contributed by atoms with van der Waals surface area (Å²) in [4.78, 5) is 35.3. The molecule has 4 rings (SSSR count).